The zero-order chi connectivity index (χ0) is 10.8. The molecule has 0 aromatic rings. The molecule has 0 saturated heterocycles. The smallest absolute Gasteiger partial charge is 0.335 e. The number of ether oxygens (including phenoxy) is 1. The maximum atomic E-state index is 11.1. The predicted octanol–water partition coefficient (Wildman–Crippen LogP) is 1.17. The van der Waals surface area contributed by atoms with Gasteiger partial charge in [0.05, 0.1) is 12.2 Å². The summed E-state index contributed by atoms with van der Waals surface area (Å²) in [6.45, 7) is 3.31. The average Bonchev–Trinajstić information content (AvgIpc) is 2.53. The summed E-state index contributed by atoms with van der Waals surface area (Å²) in [5.74, 6) is -0.900. The lowest BCUT2D eigenvalue weighted by atomic mass is 10.0. The summed E-state index contributed by atoms with van der Waals surface area (Å²) in [4.78, 5) is 11.1. The molecule has 0 aliphatic heterocycles. The van der Waals surface area contributed by atoms with Gasteiger partial charge < -0.3 is 14.9 Å². The van der Waals surface area contributed by atoms with Gasteiger partial charge in [-0.05, 0) is 39.5 Å². The number of aliphatic hydroxyl groups excluding tert-OH is 1. The molecule has 0 amide bonds. The van der Waals surface area contributed by atoms with Crippen molar-refractivity contribution in [1.82, 2.24) is 0 Å². The SMILES string of the molecule is CC(O)C(C)OC1(C(=O)O)CCCC1. The molecule has 82 valence electrons. The van der Waals surface area contributed by atoms with Crippen LogP contribution in [0, 0.1) is 0 Å². The van der Waals surface area contributed by atoms with Crippen LogP contribution in [0.5, 0.6) is 0 Å². The first kappa shape index (κ1) is 11.5. The molecule has 14 heavy (non-hydrogen) atoms. The number of carboxylic acid groups (broad SMARTS) is 1. The number of hydrogen-bond donors (Lipinski definition) is 2. The molecular formula is C10H18O4. The van der Waals surface area contributed by atoms with Crippen LogP contribution in [-0.4, -0.2) is 34.0 Å². The number of aliphatic hydroxyl groups is 1. The second kappa shape index (κ2) is 4.28. The minimum Gasteiger partial charge on any atom is -0.479 e. The molecule has 4 nitrogen and oxygen atoms in total. The normalized spacial score (nSPS) is 24.5. The van der Waals surface area contributed by atoms with Crippen molar-refractivity contribution in [3.05, 3.63) is 0 Å². The summed E-state index contributed by atoms with van der Waals surface area (Å²) in [6.07, 6.45) is 1.83. The Labute approximate surface area is 83.9 Å². The van der Waals surface area contributed by atoms with E-state index in [1.54, 1.807) is 13.8 Å². The van der Waals surface area contributed by atoms with Crippen molar-refractivity contribution in [3.63, 3.8) is 0 Å². The lowest BCUT2D eigenvalue weighted by Crippen LogP contribution is -2.43. The molecule has 0 aromatic carbocycles. The molecule has 1 fully saturated rings. The molecule has 2 atom stereocenters. The van der Waals surface area contributed by atoms with E-state index in [9.17, 15) is 9.90 Å². The van der Waals surface area contributed by atoms with Gasteiger partial charge in [0.2, 0.25) is 0 Å². The fraction of sp³-hybridized carbons (Fsp3) is 0.900. The predicted molar refractivity (Wildman–Crippen MR) is 51.1 cm³/mol. The van der Waals surface area contributed by atoms with Crippen LogP contribution in [-0.2, 0) is 9.53 Å². The first-order valence-corrected chi connectivity index (χ1v) is 5.07. The second-order valence-corrected chi connectivity index (χ2v) is 4.07. The van der Waals surface area contributed by atoms with Crippen molar-refractivity contribution in [2.75, 3.05) is 0 Å². The van der Waals surface area contributed by atoms with Crippen molar-refractivity contribution in [3.8, 4) is 0 Å². The number of carbonyl (C=O) groups is 1. The summed E-state index contributed by atoms with van der Waals surface area (Å²) in [5, 5.41) is 18.3. The third-order valence-electron chi connectivity index (χ3n) is 2.89. The van der Waals surface area contributed by atoms with Crippen molar-refractivity contribution in [2.45, 2.75) is 57.3 Å². The molecular weight excluding hydrogens is 184 g/mol. The Morgan fingerprint density at radius 2 is 1.86 bits per heavy atom. The van der Waals surface area contributed by atoms with E-state index in [1.807, 2.05) is 0 Å². The van der Waals surface area contributed by atoms with Crippen molar-refractivity contribution in [2.24, 2.45) is 0 Å². The fourth-order valence-electron chi connectivity index (χ4n) is 1.78. The molecule has 0 heterocycles. The molecule has 0 aromatic heterocycles. The summed E-state index contributed by atoms with van der Waals surface area (Å²) >= 11 is 0. The third kappa shape index (κ3) is 2.25. The van der Waals surface area contributed by atoms with Crippen molar-refractivity contribution in [1.29, 1.82) is 0 Å². The van der Waals surface area contributed by atoms with Crippen LogP contribution in [0.3, 0.4) is 0 Å². The highest BCUT2D eigenvalue weighted by molar-refractivity contribution is 5.77. The van der Waals surface area contributed by atoms with Gasteiger partial charge in [0.1, 0.15) is 0 Å². The van der Waals surface area contributed by atoms with E-state index in [2.05, 4.69) is 0 Å². The molecule has 0 radical (unpaired) electrons. The molecule has 4 heteroatoms. The monoisotopic (exact) mass is 202 g/mol. The zero-order valence-electron chi connectivity index (χ0n) is 8.69. The Balaban J connectivity index is 2.65. The van der Waals surface area contributed by atoms with E-state index >= 15 is 0 Å². The van der Waals surface area contributed by atoms with Gasteiger partial charge >= 0.3 is 5.97 Å². The highest BCUT2D eigenvalue weighted by Gasteiger charge is 2.44. The molecule has 0 bridgehead atoms. The van der Waals surface area contributed by atoms with Crippen LogP contribution in [0.2, 0.25) is 0 Å². The van der Waals surface area contributed by atoms with Crippen LogP contribution < -0.4 is 0 Å². The quantitative estimate of drug-likeness (QED) is 0.718. The molecule has 0 spiro atoms. The number of hydrogen-bond acceptors (Lipinski definition) is 3. The summed E-state index contributed by atoms with van der Waals surface area (Å²) in [5.41, 5.74) is -1.05. The van der Waals surface area contributed by atoms with E-state index in [-0.39, 0.29) is 0 Å². The van der Waals surface area contributed by atoms with Gasteiger partial charge in [0.25, 0.3) is 0 Å². The van der Waals surface area contributed by atoms with E-state index in [0.29, 0.717) is 12.8 Å². The summed E-state index contributed by atoms with van der Waals surface area (Å²) in [6, 6.07) is 0. The Morgan fingerprint density at radius 1 is 1.36 bits per heavy atom. The van der Waals surface area contributed by atoms with Crippen LogP contribution in [0.25, 0.3) is 0 Å². The molecule has 2 N–H and O–H groups in total. The molecule has 2 unspecified atom stereocenters. The Bertz CT molecular complexity index is 206. The first-order chi connectivity index (χ1) is 6.48. The highest BCUT2D eigenvalue weighted by Crippen LogP contribution is 2.34. The molecule has 1 rings (SSSR count). The van der Waals surface area contributed by atoms with Crippen LogP contribution in [0.1, 0.15) is 39.5 Å². The van der Waals surface area contributed by atoms with Gasteiger partial charge in [0.15, 0.2) is 5.60 Å². The Hall–Kier alpha value is -0.610. The highest BCUT2D eigenvalue weighted by atomic mass is 16.5. The van der Waals surface area contributed by atoms with Gasteiger partial charge in [0, 0.05) is 0 Å². The van der Waals surface area contributed by atoms with Gasteiger partial charge in [-0.2, -0.15) is 0 Å². The molecule has 1 saturated carbocycles. The lowest BCUT2D eigenvalue weighted by Gasteiger charge is -2.29. The van der Waals surface area contributed by atoms with Crippen LogP contribution >= 0.6 is 0 Å². The van der Waals surface area contributed by atoms with Gasteiger partial charge in [-0.15, -0.1) is 0 Å². The van der Waals surface area contributed by atoms with E-state index in [1.165, 1.54) is 0 Å². The van der Waals surface area contributed by atoms with Gasteiger partial charge in [-0.25, -0.2) is 4.79 Å². The maximum absolute atomic E-state index is 11.1. The maximum Gasteiger partial charge on any atom is 0.335 e. The number of carboxylic acids is 1. The van der Waals surface area contributed by atoms with Crippen LogP contribution in [0.4, 0.5) is 0 Å². The minimum atomic E-state index is -1.05. The Morgan fingerprint density at radius 3 is 2.21 bits per heavy atom. The van der Waals surface area contributed by atoms with E-state index in [4.69, 9.17) is 9.84 Å². The standard InChI is InChI=1S/C10H18O4/c1-7(11)8(2)14-10(9(12)13)5-3-4-6-10/h7-8,11H,3-6H2,1-2H3,(H,12,13). The first-order valence-electron chi connectivity index (χ1n) is 5.07. The third-order valence-corrected chi connectivity index (χ3v) is 2.89. The minimum absolute atomic E-state index is 0.427. The van der Waals surface area contributed by atoms with Gasteiger partial charge in [-0.3, -0.25) is 0 Å². The van der Waals surface area contributed by atoms with E-state index in [0.717, 1.165) is 12.8 Å². The topological polar surface area (TPSA) is 66.8 Å². The van der Waals surface area contributed by atoms with E-state index < -0.39 is 23.8 Å². The fourth-order valence-corrected chi connectivity index (χ4v) is 1.78. The lowest BCUT2D eigenvalue weighted by molar-refractivity contribution is -0.178. The van der Waals surface area contributed by atoms with Gasteiger partial charge in [-0.1, -0.05) is 0 Å². The second-order valence-electron chi connectivity index (χ2n) is 4.07. The Kier molecular flexibility index (Phi) is 3.50. The zero-order valence-corrected chi connectivity index (χ0v) is 8.69. The molecule has 1 aliphatic carbocycles. The average molecular weight is 202 g/mol. The number of aliphatic carboxylic acids is 1. The van der Waals surface area contributed by atoms with Crippen LogP contribution in [0.15, 0.2) is 0 Å². The largest absolute Gasteiger partial charge is 0.479 e. The summed E-state index contributed by atoms with van der Waals surface area (Å²) < 4.78 is 5.47. The molecule has 1 aliphatic rings. The van der Waals surface area contributed by atoms with Crippen molar-refractivity contribution < 1.29 is 19.7 Å². The van der Waals surface area contributed by atoms with Crippen molar-refractivity contribution >= 4 is 5.97 Å². The summed E-state index contributed by atoms with van der Waals surface area (Å²) in [7, 11) is 0. The number of rotatable bonds is 4.